The summed E-state index contributed by atoms with van der Waals surface area (Å²) in [5.74, 6) is -1.12. The van der Waals surface area contributed by atoms with Crippen LogP contribution in [0.1, 0.15) is 27.2 Å². The number of hydrogen-bond donors (Lipinski definition) is 1. The number of hydrogen-bond acceptors (Lipinski definition) is 3. The Bertz CT molecular complexity index is 362. The Morgan fingerprint density at radius 2 is 2.06 bits per heavy atom. The van der Waals surface area contributed by atoms with Crippen LogP contribution in [0.25, 0.3) is 0 Å². The van der Waals surface area contributed by atoms with Gasteiger partial charge in [-0.05, 0) is 20.8 Å². The van der Waals surface area contributed by atoms with Gasteiger partial charge in [0.25, 0.3) is 0 Å². The molecule has 1 N–H and O–H groups in total. The summed E-state index contributed by atoms with van der Waals surface area (Å²) in [5.41, 5.74) is -0.660. The molecule has 0 aromatic rings. The monoisotopic (exact) mass is 259 g/mol. The first-order chi connectivity index (χ1) is 8.19. The molecule has 1 saturated heterocycles. The molecule has 1 amide bonds. The van der Waals surface area contributed by atoms with E-state index in [1.165, 1.54) is 11.0 Å². The average molecular weight is 259 g/mol. The second kappa shape index (κ2) is 5.37. The lowest BCUT2D eigenvalue weighted by Crippen LogP contribution is -2.39. The third kappa shape index (κ3) is 4.35. The van der Waals surface area contributed by atoms with E-state index < -0.39 is 29.9 Å². The lowest BCUT2D eigenvalue weighted by Gasteiger charge is -2.27. The molecular weight excluding hydrogens is 241 g/mol. The van der Waals surface area contributed by atoms with Gasteiger partial charge in [-0.3, -0.25) is 4.90 Å². The lowest BCUT2D eigenvalue weighted by molar-refractivity contribution is -0.131. The van der Waals surface area contributed by atoms with Crippen LogP contribution in [-0.2, 0) is 9.53 Å². The highest BCUT2D eigenvalue weighted by molar-refractivity contribution is 5.80. The molecule has 102 valence electrons. The zero-order valence-electron chi connectivity index (χ0n) is 10.7. The normalized spacial score (nSPS) is 24.6. The number of carbonyl (C=O) groups is 2. The molecule has 5 nitrogen and oxygen atoms in total. The third-order valence-corrected chi connectivity index (χ3v) is 2.38. The van der Waals surface area contributed by atoms with Crippen LogP contribution in [-0.4, -0.2) is 46.4 Å². The van der Waals surface area contributed by atoms with Gasteiger partial charge in [0.2, 0.25) is 0 Å². The topological polar surface area (TPSA) is 66.8 Å². The quantitative estimate of drug-likeness (QED) is 0.770. The second-order valence-corrected chi connectivity index (χ2v) is 5.23. The van der Waals surface area contributed by atoms with E-state index in [0.717, 1.165) is 6.08 Å². The van der Waals surface area contributed by atoms with Gasteiger partial charge >= 0.3 is 12.1 Å². The van der Waals surface area contributed by atoms with Gasteiger partial charge in [0.15, 0.2) is 0 Å². The Hall–Kier alpha value is -1.59. The summed E-state index contributed by atoms with van der Waals surface area (Å²) in [5, 5.41) is 8.54. The Labute approximate surface area is 105 Å². The van der Waals surface area contributed by atoms with Crippen molar-refractivity contribution >= 4 is 12.1 Å². The molecule has 1 fully saturated rings. The molecule has 0 saturated carbocycles. The van der Waals surface area contributed by atoms with Crippen LogP contribution < -0.4 is 0 Å². The fraction of sp³-hybridized carbons (Fsp3) is 0.667. The van der Waals surface area contributed by atoms with Gasteiger partial charge < -0.3 is 9.84 Å². The highest BCUT2D eigenvalue weighted by Crippen LogP contribution is 2.23. The molecule has 18 heavy (non-hydrogen) atoms. The minimum absolute atomic E-state index is 0.0659. The van der Waals surface area contributed by atoms with Crippen LogP contribution in [0.3, 0.4) is 0 Å². The Morgan fingerprint density at radius 3 is 2.56 bits per heavy atom. The number of rotatable bonds is 2. The van der Waals surface area contributed by atoms with E-state index in [-0.39, 0.29) is 13.0 Å². The van der Waals surface area contributed by atoms with E-state index >= 15 is 0 Å². The maximum atomic E-state index is 13.3. The SMILES string of the molecule is CC(C)(C)OC(=O)N1C[C@H](F)C[C@H]1/C=C/C(=O)O. The first-order valence-electron chi connectivity index (χ1n) is 5.74. The van der Waals surface area contributed by atoms with Gasteiger partial charge in [-0.15, -0.1) is 0 Å². The number of carboxylic acid groups (broad SMARTS) is 1. The number of alkyl halides is 1. The van der Waals surface area contributed by atoms with E-state index in [1.54, 1.807) is 20.8 Å². The van der Waals surface area contributed by atoms with Crippen LogP contribution in [0.15, 0.2) is 12.2 Å². The fourth-order valence-corrected chi connectivity index (χ4v) is 1.72. The number of carboxylic acids is 1. The van der Waals surface area contributed by atoms with E-state index in [2.05, 4.69) is 0 Å². The number of aliphatic carboxylic acids is 1. The molecule has 0 aromatic carbocycles. The Morgan fingerprint density at radius 1 is 1.44 bits per heavy atom. The number of halogens is 1. The highest BCUT2D eigenvalue weighted by atomic mass is 19.1. The van der Waals surface area contributed by atoms with Gasteiger partial charge in [0.05, 0.1) is 12.6 Å². The summed E-state index contributed by atoms with van der Waals surface area (Å²) in [4.78, 5) is 23.5. The van der Waals surface area contributed by atoms with Crippen LogP contribution in [0, 0.1) is 0 Å². The van der Waals surface area contributed by atoms with Crippen molar-refractivity contribution < 1.29 is 23.8 Å². The zero-order chi connectivity index (χ0) is 13.9. The van der Waals surface area contributed by atoms with Crippen LogP contribution in [0.4, 0.5) is 9.18 Å². The molecule has 1 rings (SSSR count). The summed E-state index contributed by atoms with van der Waals surface area (Å²) < 4.78 is 18.5. The van der Waals surface area contributed by atoms with Crippen LogP contribution in [0.5, 0.6) is 0 Å². The molecule has 0 unspecified atom stereocenters. The first-order valence-corrected chi connectivity index (χ1v) is 5.74. The molecule has 0 bridgehead atoms. The molecule has 1 aliphatic rings. The van der Waals surface area contributed by atoms with Gasteiger partial charge in [0, 0.05) is 12.5 Å². The second-order valence-electron chi connectivity index (χ2n) is 5.23. The maximum absolute atomic E-state index is 13.3. The molecule has 0 aromatic heterocycles. The van der Waals surface area contributed by atoms with Crippen molar-refractivity contribution in [3.8, 4) is 0 Å². The summed E-state index contributed by atoms with van der Waals surface area (Å²) in [6, 6.07) is -0.564. The predicted molar refractivity (Wildman–Crippen MR) is 63.0 cm³/mol. The number of amides is 1. The molecule has 0 aliphatic carbocycles. The molecule has 1 aliphatic heterocycles. The minimum atomic E-state index is -1.15. The summed E-state index contributed by atoms with van der Waals surface area (Å²) in [6.07, 6.45) is 0.554. The Kier molecular flexibility index (Phi) is 4.32. The van der Waals surface area contributed by atoms with Crippen molar-refractivity contribution in [3.63, 3.8) is 0 Å². The van der Waals surface area contributed by atoms with Gasteiger partial charge in [0.1, 0.15) is 11.8 Å². The van der Waals surface area contributed by atoms with Crippen molar-refractivity contribution in [2.24, 2.45) is 0 Å². The van der Waals surface area contributed by atoms with E-state index in [0.29, 0.717) is 0 Å². The Balaban J connectivity index is 2.72. The number of likely N-dealkylation sites (tertiary alicyclic amines) is 1. The van der Waals surface area contributed by atoms with E-state index in [1.807, 2.05) is 0 Å². The molecular formula is C12H18FNO4. The third-order valence-electron chi connectivity index (χ3n) is 2.38. The van der Waals surface area contributed by atoms with Crippen molar-refractivity contribution in [1.29, 1.82) is 0 Å². The van der Waals surface area contributed by atoms with Crippen molar-refractivity contribution in [2.45, 2.75) is 45.0 Å². The summed E-state index contributed by atoms with van der Waals surface area (Å²) >= 11 is 0. The smallest absolute Gasteiger partial charge is 0.410 e. The van der Waals surface area contributed by atoms with Crippen LogP contribution in [0.2, 0.25) is 0 Å². The van der Waals surface area contributed by atoms with E-state index in [9.17, 15) is 14.0 Å². The molecule has 2 atom stereocenters. The fourth-order valence-electron chi connectivity index (χ4n) is 1.72. The molecule has 6 heteroatoms. The molecule has 0 spiro atoms. The maximum Gasteiger partial charge on any atom is 0.410 e. The van der Waals surface area contributed by atoms with Gasteiger partial charge in [-0.2, -0.15) is 0 Å². The highest BCUT2D eigenvalue weighted by Gasteiger charge is 2.36. The predicted octanol–water partition coefficient (Wildman–Crippen LogP) is 1.97. The minimum Gasteiger partial charge on any atom is -0.478 e. The van der Waals surface area contributed by atoms with Gasteiger partial charge in [-0.25, -0.2) is 14.0 Å². The summed E-state index contributed by atoms with van der Waals surface area (Å²) in [6.45, 7) is 5.09. The van der Waals surface area contributed by atoms with E-state index in [4.69, 9.17) is 9.84 Å². The molecule has 0 radical (unpaired) electrons. The van der Waals surface area contributed by atoms with Gasteiger partial charge in [-0.1, -0.05) is 6.08 Å². The first kappa shape index (κ1) is 14.5. The van der Waals surface area contributed by atoms with Crippen molar-refractivity contribution in [3.05, 3.63) is 12.2 Å². The lowest BCUT2D eigenvalue weighted by atomic mass is 10.2. The number of carbonyl (C=O) groups excluding carboxylic acids is 1. The standard InChI is InChI=1S/C12H18FNO4/c1-12(2,3)18-11(17)14-7-8(13)6-9(14)4-5-10(15)16/h4-5,8-9H,6-7H2,1-3H3,(H,15,16)/b5-4+/t8-,9-/m1/s1. The largest absolute Gasteiger partial charge is 0.478 e. The zero-order valence-corrected chi connectivity index (χ0v) is 10.7. The van der Waals surface area contributed by atoms with Crippen LogP contribution >= 0.6 is 0 Å². The van der Waals surface area contributed by atoms with Crippen molar-refractivity contribution in [1.82, 2.24) is 4.90 Å². The van der Waals surface area contributed by atoms with Crippen molar-refractivity contribution in [2.75, 3.05) is 6.54 Å². The average Bonchev–Trinajstić information content (AvgIpc) is 2.54. The number of nitrogens with zero attached hydrogens (tertiary/aromatic N) is 1. The number of ether oxygens (including phenoxy) is 1. The summed E-state index contributed by atoms with van der Waals surface area (Å²) in [7, 11) is 0. The molecule has 1 heterocycles.